The van der Waals surface area contributed by atoms with Gasteiger partial charge in [-0.05, 0) is 26.1 Å². The van der Waals surface area contributed by atoms with Crippen molar-refractivity contribution in [3.8, 4) is 5.69 Å². The summed E-state index contributed by atoms with van der Waals surface area (Å²) in [4.78, 5) is 0. The van der Waals surface area contributed by atoms with Crippen molar-refractivity contribution >= 4 is 5.69 Å². The van der Waals surface area contributed by atoms with E-state index in [9.17, 15) is 0 Å². The maximum atomic E-state index is 5.56. The second-order valence-corrected chi connectivity index (χ2v) is 3.05. The summed E-state index contributed by atoms with van der Waals surface area (Å²) in [6, 6.07) is 8.13. The largest absolute Gasteiger partial charge is 0.396 e. The van der Waals surface area contributed by atoms with Crippen molar-refractivity contribution in [2.24, 2.45) is 5.73 Å². The number of nitrogen functional groups attached to an aromatic ring is 1. The predicted octanol–water partition coefficient (Wildman–Crippen LogP) is 1.34. The fourth-order valence-electron chi connectivity index (χ4n) is 1.18. The molecule has 0 atom stereocenters. The molecule has 0 fully saturated rings. The van der Waals surface area contributed by atoms with Gasteiger partial charge in [0.15, 0.2) is 0 Å². The van der Waals surface area contributed by atoms with Crippen molar-refractivity contribution in [3.63, 3.8) is 0 Å². The van der Waals surface area contributed by atoms with Crippen LogP contribution in [-0.4, -0.2) is 16.8 Å². The molecule has 15 heavy (non-hydrogen) atoms. The van der Waals surface area contributed by atoms with E-state index in [-0.39, 0.29) is 0 Å². The summed E-state index contributed by atoms with van der Waals surface area (Å²) in [5.74, 6) is 0. The van der Waals surface area contributed by atoms with Crippen molar-refractivity contribution in [3.05, 3.63) is 42.2 Å². The fraction of sp³-hybridized carbons (Fsp3) is 0.182. The van der Waals surface area contributed by atoms with Crippen molar-refractivity contribution in [2.75, 3.05) is 12.8 Å². The van der Waals surface area contributed by atoms with Crippen LogP contribution in [0.15, 0.2) is 36.7 Å². The van der Waals surface area contributed by atoms with E-state index < -0.39 is 0 Å². The second-order valence-electron chi connectivity index (χ2n) is 3.05. The van der Waals surface area contributed by atoms with Gasteiger partial charge in [0.1, 0.15) is 0 Å². The zero-order chi connectivity index (χ0) is 11.3. The monoisotopic (exact) mass is 204 g/mol. The number of aromatic nitrogens is 2. The topological polar surface area (TPSA) is 69.9 Å². The minimum Gasteiger partial charge on any atom is -0.396 e. The molecule has 1 aromatic heterocycles. The van der Waals surface area contributed by atoms with Gasteiger partial charge in [-0.3, -0.25) is 0 Å². The van der Waals surface area contributed by atoms with E-state index in [1.807, 2.05) is 24.3 Å². The number of nitrogens with zero attached hydrogens (tertiary/aromatic N) is 2. The molecule has 0 amide bonds. The van der Waals surface area contributed by atoms with Crippen LogP contribution in [-0.2, 0) is 0 Å². The predicted molar refractivity (Wildman–Crippen MR) is 62.8 cm³/mol. The third-order valence-electron chi connectivity index (χ3n) is 1.90. The second kappa shape index (κ2) is 5.17. The molecule has 4 heteroatoms. The number of hydrogen-bond donors (Lipinski definition) is 2. The molecular weight excluding hydrogens is 188 g/mol. The maximum absolute atomic E-state index is 5.56. The normalized spacial score (nSPS) is 9.27. The number of nitrogens with two attached hydrogens (primary N) is 2. The summed E-state index contributed by atoms with van der Waals surface area (Å²) in [7, 11) is 1.50. The molecule has 0 spiro atoms. The van der Waals surface area contributed by atoms with Crippen LogP contribution < -0.4 is 11.5 Å². The Balaban J connectivity index is 0.000000531. The van der Waals surface area contributed by atoms with E-state index >= 15 is 0 Å². The molecule has 0 aliphatic carbocycles. The van der Waals surface area contributed by atoms with Crippen LogP contribution in [0.4, 0.5) is 5.69 Å². The van der Waals surface area contributed by atoms with Crippen LogP contribution in [0.25, 0.3) is 5.69 Å². The molecule has 0 radical (unpaired) electrons. The van der Waals surface area contributed by atoms with Crippen molar-refractivity contribution in [2.45, 2.75) is 6.92 Å². The molecule has 0 saturated heterocycles. The summed E-state index contributed by atoms with van der Waals surface area (Å²) in [5, 5.41) is 4.11. The van der Waals surface area contributed by atoms with E-state index in [0.29, 0.717) is 5.69 Å². The van der Waals surface area contributed by atoms with Gasteiger partial charge in [-0.1, -0.05) is 17.7 Å². The lowest BCUT2D eigenvalue weighted by Crippen LogP contribution is -1.93. The molecule has 0 aliphatic rings. The van der Waals surface area contributed by atoms with E-state index in [0.717, 1.165) is 5.69 Å². The zero-order valence-electron chi connectivity index (χ0n) is 9.01. The van der Waals surface area contributed by atoms with Crippen molar-refractivity contribution in [1.82, 2.24) is 9.78 Å². The minimum atomic E-state index is 0.681. The van der Waals surface area contributed by atoms with E-state index in [1.54, 1.807) is 17.1 Å². The molecule has 1 aromatic carbocycles. The lowest BCUT2D eigenvalue weighted by molar-refractivity contribution is 0.880. The summed E-state index contributed by atoms with van der Waals surface area (Å²) < 4.78 is 1.76. The van der Waals surface area contributed by atoms with Crippen LogP contribution in [0.5, 0.6) is 0 Å². The SMILES string of the molecule is CN.Cc1ccc(-n2cc(N)cn2)cc1. The first kappa shape index (κ1) is 11.3. The highest BCUT2D eigenvalue weighted by Gasteiger charge is 1.96. The lowest BCUT2D eigenvalue weighted by Gasteiger charge is -2.00. The van der Waals surface area contributed by atoms with Gasteiger partial charge in [0.25, 0.3) is 0 Å². The Labute approximate surface area is 89.5 Å². The highest BCUT2D eigenvalue weighted by Crippen LogP contribution is 2.09. The Morgan fingerprint density at radius 2 is 1.73 bits per heavy atom. The van der Waals surface area contributed by atoms with Gasteiger partial charge in [-0.15, -0.1) is 0 Å². The summed E-state index contributed by atoms with van der Waals surface area (Å²) in [6.45, 7) is 2.06. The Hall–Kier alpha value is -1.81. The number of rotatable bonds is 1. The maximum Gasteiger partial charge on any atom is 0.0724 e. The Morgan fingerprint density at radius 3 is 2.20 bits per heavy atom. The first-order chi connectivity index (χ1) is 7.25. The third kappa shape index (κ3) is 2.82. The van der Waals surface area contributed by atoms with Gasteiger partial charge in [0.05, 0.1) is 23.8 Å². The Kier molecular flexibility index (Phi) is 3.88. The Bertz CT molecular complexity index is 403. The summed E-state index contributed by atoms with van der Waals surface area (Å²) >= 11 is 0. The van der Waals surface area contributed by atoms with Gasteiger partial charge in [0.2, 0.25) is 0 Å². The summed E-state index contributed by atoms with van der Waals surface area (Å²) in [5.41, 5.74) is 13.0. The molecule has 0 saturated carbocycles. The number of benzene rings is 1. The van der Waals surface area contributed by atoms with Crippen LogP contribution in [0.2, 0.25) is 0 Å². The molecular formula is C11H16N4. The highest BCUT2D eigenvalue weighted by atomic mass is 15.3. The standard InChI is InChI=1S/C10H11N3.CH5N/c1-8-2-4-10(5-3-8)13-7-9(11)6-12-13;1-2/h2-7H,11H2,1H3;2H2,1H3. The average Bonchev–Trinajstić information content (AvgIpc) is 2.69. The molecule has 2 aromatic rings. The van der Waals surface area contributed by atoms with Gasteiger partial charge < -0.3 is 11.5 Å². The molecule has 1 heterocycles. The number of hydrogen-bond acceptors (Lipinski definition) is 3. The first-order valence-electron chi connectivity index (χ1n) is 4.70. The van der Waals surface area contributed by atoms with Crippen LogP contribution in [0.1, 0.15) is 5.56 Å². The fourth-order valence-corrected chi connectivity index (χ4v) is 1.18. The molecule has 4 nitrogen and oxygen atoms in total. The molecule has 4 N–H and O–H groups in total. The number of aryl methyl sites for hydroxylation is 1. The third-order valence-corrected chi connectivity index (χ3v) is 1.90. The minimum absolute atomic E-state index is 0.681. The quantitative estimate of drug-likeness (QED) is 0.736. The van der Waals surface area contributed by atoms with Gasteiger partial charge in [0, 0.05) is 0 Å². The van der Waals surface area contributed by atoms with Gasteiger partial charge in [-0.2, -0.15) is 5.10 Å². The van der Waals surface area contributed by atoms with E-state index in [1.165, 1.54) is 12.6 Å². The molecule has 0 bridgehead atoms. The smallest absolute Gasteiger partial charge is 0.0724 e. The molecule has 0 aliphatic heterocycles. The van der Waals surface area contributed by atoms with Crippen LogP contribution in [0, 0.1) is 6.92 Å². The average molecular weight is 204 g/mol. The Morgan fingerprint density at radius 1 is 1.13 bits per heavy atom. The lowest BCUT2D eigenvalue weighted by atomic mass is 10.2. The summed E-state index contributed by atoms with van der Waals surface area (Å²) in [6.07, 6.45) is 3.44. The van der Waals surface area contributed by atoms with Crippen molar-refractivity contribution in [1.29, 1.82) is 0 Å². The van der Waals surface area contributed by atoms with E-state index in [4.69, 9.17) is 5.73 Å². The highest BCUT2D eigenvalue weighted by molar-refractivity contribution is 5.38. The molecule has 0 unspecified atom stereocenters. The van der Waals surface area contributed by atoms with Gasteiger partial charge >= 0.3 is 0 Å². The zero-order valence-corrected chi connectivity index (χ0v) is 9.01. The van der Waals surface area contributed by atoms with Crippen molar-refractivity contribution < 1.29 is 0 Å². The van der Waals surface area contributed by atoms with E-state index in [2.05, 4.69) is 17.8 Å². The molecule has 2 rings (SSSR count). The molecule has 80 valence electrons. The van der Waals surface area contributed by atoms with Crippen LogP contribution in [0.3, 0.4) is 0 Å². The first-order valence-corrected chi connectivity index (χ1v) is 4.70. The van der Waals surface area contributed by atoms with Crippen LogP contribution >= 0.6 is 0 Å². The number of anilines is 1. The van der Waals surface area contributed by atoms with Gasteiger partial charge in [-0.25, -0.2) is 4.68 Å².